The third-order valence-electron chi connectivity index (χ3n) is 3.58. The lowest BCUT2D eigenvalue weighted by molar-refractivity contribution is -0.137. The molecular weight excluding hydrogens is 301 g/mol. The fourth-order valence-electron chi connectivity index (χ4n) is 2.29. The highest BCUT2D eigenvalue weighted by molar-refractivity contribution is 5.69. The van der Waals surface area contributed by atoms with Crippen LogP contribution in [0.2, 0.25) is 0 Å². The van der Waals surface area contributed by atoms with Crippen LogP contribution in [-0.2, 0) is 17.5 Å². The van der Waals surface area contributed by atoms with Gasteiger partial charge in [0, 0.05) is 0 Å². The molecule has 0 bridgehead atoms. The van der Waals surface area contributed by atoms with Gasteiger partial charge < -0.3 is 4.74 Å². The summed E-state index contributed by atoms with van der Waals surface area (Å²) >= 11 is 0. The predicted octanol–water partition coefficient (Wildman–Crippen LogP) is 6.00. The molecule has 124 valence electrons. The third kappa shape index (κ3) is 4.58. The van der Waals surface area contributed by atoms with E-state index in [1.165, 1.54) is 12.1 Å². The standard InChI is InChI=1S/C19H21F3O/c1-13-6-5-7-16(17(13)12-23-18(2,3)4)14-8-10-15(11-9-14)19(20,21)22/h5-11H,12H2,1-4H3. The maximum atomic E-state index is 12.7. The van der Waals surface area contributed by atoms with Crippen molar-refractivity contribution in [3.63, 3.8) is 0 Å². The Morgan fingerprint density at radius 3 is 2.04 bits per heavy atom. The van der Waals surface area contributed by atoms with Crippen LogP contribution >= 0.6 is 0 Å². The maximum absolute atomic E-state index is 12.7. The van der Waals surface area contributed by atoms with E-state index in [2.05, 4.69) is 0 Å². The SMILES string of the molecule is Cc1cccc(-c2ccc(C(F)(F)F)cc2)c1COC(C)(C)C. The highest BCUT2D eigenvalue weighted by atomic mass is 19.4. The van der Waals surface area contributed by atoms with Gasteiger partial charge in [0.05, 0.1) is 17.8 Å². The van der Waals surface area contributed by atoms with E-state index in [1.54, 1.807) is 0 Å². The molecule has 0 aromatic heterocycles. The number of rotatable bonds is 3. The third-order valence-corrected chi connectivity index (χ3v) is 3.58. The molecule has 2 aromatic rings. The summed E-state index contributed by atoms with van der Waals surface area (Å²) in [7, 11) is 0. The van der Waals surface area contributed by atoms with Gasteiger partial charge in [-0.2, -0.15) is 13.2 Å². The van der Waals surface area contributed by atoms with Crippen LogP contribution in [0, 0.1) is 6.92 Å². The average molecular weight is 322 g/mol. The van der Waals surface area contributed by atoms with Crippen molar-refractivity contribution in [1.29, 1.82) is 0 Å². The van der Waals surface area contributed by atoms with E-state index in [0.717, 1.165) is 34.4 Å². The van der Waals surface area contributed by atoms with E-state index < -0.39 is 11.7 Å². The Labute approximate surface area is 135 Å². The van der Waals surface area contributed by atoms with Crippen LogP contribution in [0.15, 0.2) is 42.5 Å². The van der Waals surface area contributed by atoms with Crippen molar-refractivity contribution >= 4 is 0 Å². The summed E-state index contributed by atoms with van der Waals surface area (Å²) in [4.78, 5) is 0. The normalized spacial score (nSPS) is 12.5. The smallest absolute Gasteiger partial charge is 0.371 e. The molecule has 2 rings (SSSR count). The van der Waals surface area contributed by atoms with Crippen LogP contribution < -0.4 is 0 Å². The number of hydrogen-bond acceptors (Lipinski definition) is 1. The molecule has 0 atom stereocenters. The monoisotopic (exact) mass is 322 g/mol. The molecule has 4 heteroatoms. The lowest BCUT2D eigenvalue weighted by Gasteiger charge is -2.22. The summed E-state index contributed by atoms with van der Waals surface area (Å²) in [5, 5.41) is 0. The summed E-state index contributed by atoms with van der Waals surface area (Å²) in [5.41, 5.74) is 2.81. The van der Waals surface area contributed by atoms with E-state index in [4.69, 9.17) is 4.74 Å². The first-order valence-corrected chi connectivity index (χ1v) is 7.48. The molecular formula is C19H21F3O. The van der Waals surface area contributed by atoms with Crippen LogP contribution in [0.1, 0.15) is 37.5 Å². The lowest BCUT2D eigenvalue weighted by atomic mass is 9.95. The molecule has 0 spiro atoms. The Morgan fingerprint density at radius 1 is 0.913 bits per heavy atom. The van der Waals surface area contributed by atoms with Gasteiger partial charge in [-0.1, -0.05) is 30.3 Å². The van der Waals surface area contributed by atoms with Crippen molar-refractivity contribution in [3.05, 3.63) is 59.2 Å². The Hall–Kier alpha value is -1.81. The van der Waals surface area contributed by atoms with E-state index >= 15 is 0 Å². The first-order valence-electron chi connectivity index (χ1n) is 7.48. The van der Waals surface area contributed by atoms with Crippen molar-refractivity contribution in [2.45, 2.75) is 46.1 Å². The van der Waals surface area contributed by atoms with Crippen molar-refractivity contribution < 1.29 is 17.9 Å². The first kappa shape index (κ1) is 17.5. The molecule has 0 unspecified atom stereocenters. The average Bonchev–Trinajstić information content (AvgIpc) is 2.44. The molecule has 0 heterocycles. The largest absolute Gasteiger partial charge is 0.416 e. The summed E-state index contributed by atoms with van der Waals surface area (Å²) in [6, 6.07) is 11.1. The Morgan fingerprint density at radius 2 is 1.52 bits per heavy atom. The molecule has 0 aliphatic heterocycles. The zero-order chi connectivity index (χ0) is 17.3. The van der Waals surface area contributed by atoms with Gasteiger partial charge in [0.15, 0.2) is 0 Å². The minimum atomic E-state index is -4.32. The molecule has 0 saturated heterocycles. The summed E-state index contributed by atoms with van der Waals surface area (Å²) in [5.74, 6) is 0. The Bertz CT molecular complexity index is 664. The van der Waals surface area contributed by atoms with Crippen LogP contribution in [0.25, 0.3) is 11.1 Å². The highest BCUT2D eigenvalue weighted by Gasteiger charge is 2.30. The fourth-order valence-corrected chi connectivity index (χ4v) is 2.29. The van der Waals surface area contributed by atoms with Gasteiger partial charge in [-0.25, -0.2) is 0 Å². The van der Waals surface area contributed by atoms with E-state index in [-0.39, 0.29) is 5.60 Å². The number of hydrogen-bond donors (Lipinski definition) is 0. The lowest BCUT2D eigenvalue weighted by Crippen LogP contribution is -2.19. The van der Waals surface area contributed by atoms with Crippen molar-refractivity contribution in [2.24, 2.45) is 0 Å². The molecule has 0 aliphatic rings. The highest BCUT2D eigenvalue weighted by Crippen LogP contribution is 2.33. The van der Waals surface area contributed by atoms with Gasteiger partial charge in [-0.3, -0.25) is 0 Å². The Balaban J connectivity index is 2.37. The fraction of sp³-hybridized carbons (Fsp3) is 0.368. The van der Waals surface area contributed by atoms with Gasteiger partial charge in [0.1, 0.15) is 0 Å². The van der Waals surface area contributed by atoms with Crippen molar-refractivity contribution in [1.82, 2.24) is 0 Å². The van der Waals surface area contributed by atoms with Gasteiger partial charge in [0.2, 0.25) is 0 Å². The molecule has 0 saturated carbocycles. The van der Waals surface area contributed by atoms with Crippen LogP contribution in [0.3, 0.4) is 0 Å². The molecule has 0 aliphatic carbocycles. The minimum absolute atomic E-state index is 0.278. The zero-order valence-electron chi connectivity index (χ0n) is 13.8. The first-order chi connectivity index (χ1) is 10.6. The molecule has 0 radical (unpaired) electrons. The van der Waals surface area contributed by atoms with E-state index in [1.807, 2.05) is 45.9 Å². The van der Waals surface area contributed by atoms with Gasteiger partial charge >= 0.3 is 6.18 Å². The van der Waals surface area contributed by atoms with Crippen LogP contribution in [0.4, 0.5) is 13.2 Å². The second kappa shape index (κ2) is 6.36. The minimum Gasteiger partial charge on any atom is -0.371 e. The topological polar surface area (TPSA) is 9.23 Å². The van der Waals surface area contributed by atoms with Crippen LogP contribution in [-0.4, -0.2) is 5.60 Å². The summed E-state index contributed by atoms with van der Waals surface area (Å²) < 4.78 is 43.9. The second-order valence-electron chi connectivity index (χ2n) is 6.58. The second-order valence-corrected chi connectivity index (χ2v) is 6.58. The molecule has 23 heavy (non-hydrogen) atoms. The van der Waals surface area contributed by atoms with Crippen LogP contribution in [0.5, 0.6) is 0 Å². The van der Waals surface area contributed by atoms with Crippen molar-refractivity contribution in [3.8, 4) is 11.1 Å². The molecule has 0 fully saturated rings. The molecule has 0 N–H and O–H groups in total. The van der Waals surface area contributed by atoms with E-state index in [9.17, 15) is 13.2 Å². The van der Waals surface area contributed by atoms with Gasteiger partial charge in [-0.05, 0) is 62.1 Å². The quantitative estimate of drug-likeness (QED) is 0.674. The zero-order valence-corrected chi connectivity index (χ0v) is 13.8. The number of alkyl halides is 3. The Kier molecular flexibility index (Phi) is 4.85. The van der Waals surface area contributed by atoms with E-state index in [0.29, 0.717) is 6.61 Å². The summed E-state index contributed by atoms with van der Waals surface area (Å²) in [6.45, 7) is 8.33. The predicted molar refractivity (Wildman–Crippen MR) is 86.2 cm³/mol. The number of aryl methyl sites for hydroxylation is 1. The molecule has 0 amide bonds. The number of halogens is 3. The van der Waals surface area contributed by atoms with Gasteiger partial charge in [0.25, 0.3) is 0 Å². The molecule has 1 nitrogen and oxygen atoms in total. The maximum Gasteiger partial charge on any atom is 0.416 e. The van der Waals surface area contributed by atoms with Gasteiger partial charge in [-0.15, -0.1) is 0 Å². The number of benzene rings is 2. The number of ether oxygens (including phenoxy) is 1. The molecule has 2 aromatic carbocycles. The summed E-state index contributed by atoms with van der Waals surface area (Å²) in [6.07, 6.45) is -4.32. The van der Waals surface area contributed by atoms with Crippen molar-refractivity contribution in [2.75, 3.05) is 0 Å².